The Labute approximate surface area is 249 Å². The van der Waals surface area contributed by atoms with Gasteiger partial charge in [0.2, 0.25) is 0 Å². The Balaban J connectivity index is 1.44. The molecule has 1 saturated carbocycles. The molecule has 0 amide bonds. The van der Waals surface area contributed by atoms with Gasteiger partial charge in [0.25, 0.3) is 0 Å². The van der Waals surface area contributed by atoms with Crippen molar-refractivity contribution in [3.8, 4) is 0 Å². The summed E-state index contributed by atoms with van der Waals surface area (Å²) in [6.45, 7) is 24.7. The first-order valence-corrected chi connectivity index (χ1v) is 15.5. The zero-order valence-corrected chi connectivity index (χ0v) is 25.9. The second-order valence-corrected chi connectivity index (χ2v) is 12.2. The van der Waals surface area contributed by atoms with Gasteiger partial charge in [-0.2, -0.15) is 0 Å². The van der Waals surface area contributed by atoms with Gasteiger partial charge in [-0.25, -0.2) is 0 Å². The van der Waals surface area contributed by atoms with Gasteiger partial charge < -0.3 is 0 Å². The summed E-state index contributed by atoms with van der Waals surface area (Å²) < 4.78 is 0. The van der Waals surface area contributed by atoms with Gasteiger partial charge in [-0.1, -0.05) is 130 Å². The quantitative estimate of drug-likeness (QED) is 0.298. The van der Waals surface area contributed by atoms with Crippen molar-refractivity contribution in [3.05, 3.63) is 153 Å². The molecule has 1 fully saturated rings. The molecule has 210 valence electrons. The molecule has 0 aromatic heterocycles. The zero-order chi connectivity index (χ0) is 29.3. The molecule has 0 heterocycles. The molecule has 0 saturated heterocycles. The van der Waals surface area contributed by atoms with E-state index in [0.29, 0.717) is 5.92 Å². The topological polar surface area (TPSA) is 0 Å². The van der Waals surface area contributed by atoms with Gasteiger partial charge in [0, 0.05) is 11.8 Å². The van der Waals surface area contributed by atoms with Crippen LogP contribution in [0.5, 0.6) is 0 Å². The SMILES string of the molecule is C=C(CCC)C1=C(C)C=C2CC(=CC3=CC=C(c4ccc(CC)cc4C(=C)C)C3)C(=C)C2C1c1ccc(CC)cc1. The van der Waals surface area contributed by atoms with E-state index in [2.05, 4.69) is 115 Å². The lowest BCUT2D eigenvalue weighted by molar-refractivity contribution is 0.619. The van der Waals surface area contributed by atoms with Crippen molar-refractivity contribution in [1.29, 1.82) is 0 Å². The minimum absolute atomic E-state index is 0.278. The molecule has 0 N–H and O–H groups in total. The highest BCUT2D eigenvalue weighted by molar-refractivity contribution is 5.82. The highest BCUT2D eigenvalue weighted by Gasteiger charge is 2.41. The maximum Gasteiger partial charge on any atom is 0.0201 e. The monoisotopic (exact) mass is 538 g/mol. The maximum atomic E-state index is 4.75. The number of allylic oxidation sites excluding steroid dienone is 13. The Morgan fingerprint density at radius 2 is 1.61 bits per heavy atom. The maximum absolute atomic E-state index is 4.75. The van der Waals surface area contributed by atoms with E-state index in [1.165, 1.54) is 72.4 Å². The average Bonchev–Trinajstić information content (AvgIpc) is 3.56. The normalized spacial score (nSPS) is 21.1. The average molecular weight is 539 g/mol. The highest BCUT2D eigenvalue weighted by Crippen LogP contribution is 2.55. The second-order valence-electron chi connectivity index (χ2n) is 12.2. The summed E-state index contributed by atoms with van der Waals surface area (Å²) >= 11 is 0. The molecule has 2 atom stereocenters. The third-order valence-electron chi connectivity index (χ3n) is 9.28. The molecule has 0 aliphatic heterocycles. The fourth-order valence-corrected chi connectivity index (χ4v) is 7.09. The van der Waals surface area contributed by atoms with Gasteiger partial charge in [-0.15, -0.1) is 0 Å². The third-order valence-corrected chi connectivity index (χ3v) is 9.28. The summed E-state index contributed by atoms with van der Waals surface area (Å²) in [6, 6.07) is 16.2. The van der Waals surface area contributed by atoms with Crippen LogP contribution >= 0.6 is 0 Å². The van der Waals surface area contributed by atoms with Crippen LogP contribution in [-0.2, 0) is 12.8 Å². The van der Waals surface area contributed by atoms with E-state index in [4.69, 9.17) is 6.58 Å². The summed E-state index contributed by atoms with van der Waals surface area (Å²) in [6.07, 6.45) is 15.7. The second kappa shape index (κ2) is 12.1. The Morgan fingerprint density at radius 1 is 0.902 bits per heavy atom. The summed E-state index contributed by atoms with van der Waals surface area (Å²) in [5.74, 6) is 0.576. The molecule has 3 aliphatic rings. The summed E-state index contributed by atoms with van der Waals surface area (Å²) in [4.78, 5) is 0. The van der Waals surface area contributed by atoms with Gasteiger partial charge in [-0.05, 0) is 107 Å². The van der Waals surface area contributed by atoms with Crippen LogP contribution in [0, 0.1) is 5.92 Å². The van der Waals surface area contributed by atoms with Crippen LogP contribution in [-0.4, -0.2) is 0 Å². The van der Waals surface area contributed by atoms with Crippen molar-refractivity contribution >= 4 is 11.1 Å². The first-order chi connectivity index (χ1) is 19.7. The summed E-state index contributed by atoms with van der Waals surface area (Å²) in [7, 11) is 0. The van der Waals surface area contributed by atoms with E-state index in [9.17, 15) is 0 Å². The largest absolute Gasteiger partial charge is 0.0955 e. The minimum atomic E-state index is 0.278. The lowest BCUT2D eigenvalue weighted by Gasteiger charge is -2.34. The Bertz CT molecular complexity index is 1550. The standard InChI is InChI=1S/C41H46/c1-9-12-27(6)39-28(7)21-36-25-35(29(8)40(36)41(39)33-17-13-30(10-2)14-18-33)23-32-15-19-34(22-32)37-20-16-31(11-3)24-38(37)26(4)5/h13-21,23-24,40-41H,4,6,8-12,22,25H2,1-3,5,7H3. The molecular formula is C41H46. The fraction of sp³-hybridized carbons (Fsp3) is 0.317. The molecule has 2 unspecified atom stereocenters. The first kappa shape index (κ1) is 28.9. The first-order valence-electron chi connectivity index (χ1n) is 15.5. The smallest absolute Gasteiger partial charge is 0.0201 e. The molecular weight excluding hydrogens is 492 g/mol. The molecule has 2 aromatic rings. The predicted octanol–water partition coefficient (Wildman–Crippen LogP) is 11.5. The Morgan fingerprint density at radius 3 is 2.27 bits per heavy atom. The lowest BCUT2D eigenvalue weighted by atomic mass is 9.69. The number of aryl methyl sites for hydroxylation is 2. The van der Waals surface area contributed by atoms with Crippen LogP contribution < -0.4 is 0 Å². The molecule has 41 heavy (non-hydrogen) atoms. The van der Waals surface area contributed by atoms with Crippen molar-refractivity contribution in [2.45, 2.75) is 79.1 Å². The van der Waals surface area contributed by atoms with E-state index in [-0.39, 0.29) is 5.92 Å². The fourth-order valence-electron chi connectivity index (χ4n) is 7.09. The molecule has 0 radical (unpaired) electrons. The molecule has 3 aliphatic carbocycles. The van der Waals surface area contributed by atoms with Crippen molar-refractivity contribution in [2.75, 3.05) is 0 Å². The van der Waals surface area contributed by atoms with Crippen LogP contribution in [0.2, 0.25) is 0 Å². The molecule has 0 heteroatoms. The van der Waals surface area contributed by atoms with Crippen LogP contribution in [0.1, 0.15) is 94.0 Å². The number of benzene rings is 2. The minimum Gasteiger partial charge on any atom is -0.0955 e. The van der Waals surface area contributed by atoms with Crippen molar-refractivity contribution < 1.29 is 0 Å². The van der Waals surface area contributed by atoms with Crippen LogP contribution in [0.25, 0.3) is 11.1 Å². The number of hydrogen-bond donors (Lipinski definition) is 0. The highest BCUT2D eigenvalue weighted by atomic mass is 14.4. The molecule has 0 spiro atoms. The number of fused-ring (bicyclic) bond motifs is 1. The number of rotatable bonds is 9. The van der Waals surface area contributed by atoms with Crippen molar-refractivity contribution in [3.63, 3.8) is 0 Å². The van der Waals surface area contributed by atoms with Gasteiger partial charge >= 0.3 is 0 Å². The van der Waals surface area contributed by atoms with Gasteiger partial charge in [-0.3, -0.25) is 0 Å². The van der Waals surface area contributed by atoms with Gasteiger partial charge in [0.1, 0.15) is 0 Å². The molecule has 0 bridgehead atoms. The van der Waals surface area contributed by atoms with Crippen LogP contribution in [0.4, 0.5) is 0 Å². The lowest BCUT2D eigenvalue weighted by Crippen LogP contribution is -2.21. The van der Waals surface area contributed by atoms with Crippen LogP contribution in [0.15, 0.2) is 126 Å². The molecule has 0 nitrogen and oxygen atoms in total. The van der Waals surface area contributed by atoms with E-state index in [1.54, 1.807) is 0 Å². The number of hydrogen-bond acceptors (Lipinski definition) is 0. The molecule has 5 rings (SSSR count). The zero-order valence-electron chi connectivity index (χ0n) is 25.9. The van der Waals surface area contributed by atoms with Crippen molar-refractivity contribution in [2.24, 2.45) is 5.92 Å². The van der Waals surface area contributed by atoms with E-state index in [0.717, 1.165) is 44.1 Å². The molecule has 2 aromatic carbocycles. The summed E-state index contributed by atoms with van der Waals surface area (Å²) in [5, 5.41) is 0. The third kappa shape index (κ3) is 5.62. The Hall–Kier alpha value is -3.64. The van der Waals surface area contributed by atoms with Crippen molar-refractivity contribution in [1.82, 2.24) is 0 Å². The van der Waals surface area contributed by atoms with Gasteiger partial charge in [0.15, 0.2) is 0 Å². The van der Waals surface area contributed by atoms with E-state index in [1.807, 2.05) is 0 Å². The van der Waals surface area contributed by atoms with E-state index < -0.39 is 0 Å². The predicted molar refractivity (Wildman–Crippen MR) is 180 cm³/mol. The van der Waals surface area contributed by atoms with Crippen LogP contribution in [0.3, 0.4) is 0 Å². The van der Waals surface area contributed by atoms with E-state index >= 15 is 0 Å². The summed E-state index contributed by atoms with van der Waals surface area (Å²) in [5.41, 5.74) is 18.9. The van der Waals surface area contributed by atoms with Gasteiger partial charge in [0.05, 0.1) is 0 Å². The Kier molecular flexibility index (Phi) is 8.50.